The summed E-state index contributed by atoms with van der Waals surface area (Å²) >= 11 is 0. The summed E-state index contributed by atoms with van der Waals surface area (Å²) in [5, 5.41) is 0. The van der Waals surface area contributed by atoms with Crippen LogP contribution in [0.2, 0.25) is 0 Å². The van der Waals surface area contributed by atoms with Gasteiger partial charge in [0.1, 0.15) is 5.52 Å². The third-order valence-corrected chi connectivity index (χ3v) is 3.87. The van der Waals surface area contributed by atoms with E-state index in [2.05, 4.69) is 14.5 Å². The molecule has 1 aliphatic rings. The van der Waals surface area contributed by atoms with Gasteiger partial charge in [-0.15, -0.1) is 0 Å². The fourth-order valence-electron chi connectivity index (χ4n) is 2.87. The van der Waals surface area contributed by atoms with Crippen LogP contribution < -0.4 is 5.73 Å². The highest BCUT2D eigenvalue weighted by Gasteiger charge is 2.26. The van der Waals surface area contributed by atoms with Crippen molar-refractivity contribution in [3.8, 4) is 0 Å². The molecule has 0 spiro atoms. The smallest absolute Gasteiger partial charge is 0.409 e. The minimum atomic E-state index is -0.233. The normalized spacial score (nSPS) is 16.3. The van der Waals surface area contributed by atoms with Gasteiger partial charge in [0.2, 0.25) is 5.95 Å². The van der Waals surface area contributed by atoms with Crippen LogP contribution in [0, 0.1) is 0 Å². The van der Waals surface area contributed by atoms with Crippen LogP contribution in [0.1, 0.15) is 25.8 Å². The summed E-state index contributed by atoms with van der Waals surface area (Å²) in [6.45, 7) is 3.57. The molecule has 0 unspecified atom stereocenters. The second-order valence-corrected chi connectivity index (χ2v) is 5.12. The fourth-order valence-corrected chi connectivity index (χ4v) is 2.87. The Balaban J connectivity index is 1.77. The minimum Gasteiger partial charge on any atom is -0.450 e. The predicted octanol–water partition coefficient (Wildman–Crippen LogP) is 1.81. The number of hydrogen-bond acceptors (Lipinski definition) is 5. The number of fused-ring (bicyclic) bond motifs is 1. The zero-order valence-corrected chi connectivity index (χ0v) is 12.0. The summed E-state index contributed by atoms with van der Waals surface area (Å²) in [4.78, 5) is 21.9. The summed E-state index contributed by atoms with van der Waals surface area (Å²) in [5.74, 6) is 0.507. The number of piperidine rings is 1. The number of hydrogen-bond donors (Lipinski definition) is 1. The summed E-state index contributed by atoms with van der Waals surface area (Å²) in [5.41, 5.74) is 7.85. The van der Waals surface area contributed by atoms with Crippen LogP contribution in [0.3, 0.4) is 0 Å². The Morgan fingerprint density at radius 1 is 1.48 bits per heavy atom. The number of anilines is 1. The third-order valence-electron chi connectivity index (χ3n) is 3.87. The quantitative estimate of drug-likeness (QED) is 0.911. The van der Waals surface area contributed by atoms with Crippen molar-refractivity contribution < 1.29 is 9.53 Å². The van der Waals surface area contributed by atoms with E-state index in [1.807, 2.05) is 13.0 Å². The monoisotopic (exact) mass is 289 g/mol. The number of pyridine rings is 1. The summed E-state index contributed by atoms with van der Waals surface area (Å²) in [6.07, 6.45) is 4.92. The average Bonchev–Trinajstić information content (AvgIpc) is 2.83. The third kappa shape index (κ3) is 2.51. The molecule has 7 nitrogen and oxygen atoms in total. The number of nitrogens with two attached hydrogens (primary N) is 1. The van der Waals surface area contributed by atoms with Crippen LogP contribution in [0.15, 0.2) is 18.5 Å². The second-order valence-electron chi connectivity index (χ2n) is 5.12. The first-order valence-corrected chi connectivity index (χ1v) is 7.19. The molecule has 21 heavy (non-hydrogen) atoms. The molecule has 1 saturated heterocycles. The number of ether oxygens (including phenoxy) is 1. The van der Waals surface area contributed by atoms with E-state index in [1.165, 1.54) is 0 Å². The van der Waals surface area contributed by atoms with Crippen molar-refractivity contribution >= 4 is 23.1 Å². The molecule has 2 aromatic rings. The van der Waals surface area contributed by atoms with Crippen molar-refractivity contribution in [1.82, 2.24) is 19.4 Å². The van der Waals surface area contributed by atoms with E-state index in [9.17, 15) is 4.79 Å². The molecule has 3 heterocycles. The van der Waals surface area contributed by atoms with E-state index in [4.69, 9.17) is 10.5 Å². The Morgan fingerprint density at radius 3 is 2.95 bits per heavy atom. The highest BCUT2D eigenvalue weighted by atomic mass is 16.6. The van der Waals surface area contributed by atoms with Gasteiger partial charge in [-0.1, -0.05) is 0 Å². The zero-order chi connectivity index (χ0) is 14.8. The lowest BCUT2D eigenvalue weighted by molar-refractivity contribution is 0.0932. The molecule has 112 valence electrons. The van der Waals surface area contributed by atoms with Gasteiger partial charge in [0.25, 0.3) is 0 Å². The largest absolute Gasteiger partial charge is 0.450 e. The maximum atomic E-state index is 11.7. The number of nitrogen functional groups attached to an aromatic ring is 1. The number of nitrogens with zero attached hydrogens (tertiary/aromatic N) is 4. The number of likely N-dealkylation sites (tertiary alicyclic amines) is 1. The summed E-state index contributed by atoms with van der Waals surface area (Å²) < 4.78 is 7.09. The Kier molecular flexibility index (Phi) is 3.64. The number of amides is 1. The number of imidazole rings is 1. The first-order chi connectivity index (χ1) is 10.2. The molecule has 0 radical (unpaired) electrons. The maximum Gasteiger partial charge on any atom is 0.409 e. The van der Waals surface area contributed by atoms with E-state index in [0.29, 0.717) is 25.6 Å². The van der Waals surface area contributed by atoms with Gasteiger partial charge < -0.3 is 19.9 Å². The van der Waals surface area contributed by atoms with Gasteiger partial charge in [-0.25, -0.2) is 9.78 Å². The minimum absolute atomic E-state index is 0.233. The highest BCUT2D eigenvalue weighted by Crippen LogP contribution is 2.29. The first-order valence-electron chi connectivity index (χ1n) is 7.19. The van der Waals surface area contributed by atoms with Crippen molar-refractivity contribution in [3.63, 3.8) is 0 Å². The van der Waals surface area contributed by atoms with E-state index >= 15 is 0 Å². The van der Waals surface area contributed by atoms with E-state index in [0.717, 1.165) is 23.9 Å². The Hall–Kier alpha value is -2.31. The highest BCUT2D eigenvalue weighted by molar-refractivity contribution is 5.77. The Labute approximate surface area is 122 Å². The molecule has 0 bridgehead atoms. The summed E-state index contributed by atoms with van der Waals surface area (Å²) in [7, 11) is 0. The number of carbonyl (C=O) groups excluding carboxylic acids is 1. The Morgan fingerprint density at radius 2 is 2.24 bits per heavy atom. The molecule has 0 aromatic carbocycles. The van der Waals surface area contributed by atoms with Crippen LogP contribution >= 0.6 is 0 Å². The van der Waals surface area contributed by atoms with E-state index in [1.54, 1.807) is 17.3 Å². The number of aromatic nitrogens is 3. The van der Waals surface area contributed by atoms with Gasteiger partial charge in [-0.05, 0) is 25.8 Å². The van der Waals surface area contributed by atoms with E-state index in [-0.39, 0.29) is 12.1 Å². The van der Waals surface area contributed by atoms with Crippen LogP contribution in [-0.2, 0) is 4.74 Å². The van der Waals surface area contributed by atoms with Crippen LogP contribution in [0.5, 0.6) is 0 Å². The SMILES string of the molecule is CCOC(=O)N1CCC(n2c(N)nc3cnccc32)CC1. The van der Waals surface area contributed by atoms with Gasteiger partial charge in [0, 0.05) is 25.3 Å². The molecule has 0 aliphatic carbocycles. The average molecular weight is 289 g/mol. The second kappa shape index (κ2) is 5.59. The maximum absolute atomic E-state index is 11.7. The zero-order valence-electron chi connectivity index (χ0n) is 12.0. The van der Waals surface area contributed by atoms with Crippen LogP contribution in [0.25, 0.3) is 11.0 Å². The summed E-state index contributed by atoms with van der Waals surface area (Å²) in [6, 6.07) is 2.18. The van der Waals surface area contributed by atoms with E-state index < -0.39 is 0 Å². The lowest BCUT2D eigenvalue weighted by Crippen LogP contribution is -2.39. The van der Waals surface area contributed by atoms with Crippen LogP contribution in [-0.4, -0.2) is 45.2 Å². The van der Waals surface area contributed by atoms with Gasteiger partial charge >= 0.3 is 6.09 Å². The molecule has 7 heteroatoms. The predicted molar refractivity (Wildman–Crippen MR) is 78.8 cm³/mol. The topological polar surface area (TPSA) is 86.3 Å². The molecular weight excluding hydrogens is 270 g/mol. The first kappa shape index (κ1) is 13.7. The molecule has 0 atom stereocenters. The number of rotatable bonds is 2. The molecule has 1 fully saturated rings. The Bertz CT molecular complexity index is 646. The van der Waals surface area contributed by atoms with Crippen molar-refractivity contribution in [2.45, 2.75) is 25.8 Å². The molecule has 1 aliphatic heterocycles. The lowest BCUT2D eigenvalue weighted by atomic mass is 10.0. The van der Waals surface area contributed by atoms with Crippen LogP contribution in [0.4, 0.5) is 10.7 Å². The molecule has 1 amide bonds. The molecule has 2 N–H and O–H groups in total. The van der Waals surface area contributed by atoms with Gasteiger partial charge in [-0.2, -0.15) is 0 Å². The molecule has 2 aromatic heterocycles. The van der Waals surface area contributed by atoms with Crippen molar-refractivity contribution in [1.29, 1.82) is 0 Å². The lowest BCUT2D eigenvalue weighted by Gasteiger charge is -2.32. The van der Waals surface area contributed by atoms with Gasteiger partial charge in [-0.3, -0.25) is 4.98 Å². The van der Waals surface area contributed by atoms with Gasteiger partial charge in [0.05, 0.1) is 18.3 Å². The van der Waals surface area contributed by atoms with Crippen molar-refractivity contribution in [2.24, 2.45) is 0 Å². The fraction of sp³-hybridized carbons (Fsp3) is 0.500. The van der Waals surface area contributed by atoms with Gasteiger partial charge in [0.15, 0.2) is 0 Å². The molecule has 0 saturated carbocycles. The molecular formula is C14H19N5O2. The molecule has 3 rings (SSSR count). The number of carbonyl (C=O) groups is 1. The standard InChI is InChI=1S/C14H19N5O2/c1-2-21-14(20)18-7-4-10(5-8-18)19-12-3-6-16-9-11(12)17-13(19)15/h3,6,9-10H,2,4-5,7-8H2,1H3,(H2,15,17). The van der Waals surface area contributed by atoms with Crippen molar-refractivity contribution in [3.05, 3.63) is 18.5 Å². The van der Waals surface area contributed by atoms with Crippen molar-refractivity contribution in [2.75, 3.05) is 25.4 Å².